The van der Waals surface area contributed by atoms with E-state index in [-0.39, 0.29) is 56.2 Å². The van der Waals surface area contributed by atoms with E-state index in [4.69, 9.17) is 28.4 Å². The number of aliphatic hydroxyl groups is 5. The molecule has 0 aliphatic carbocycles. The van der Waals surface area contributed by atoms with Gasteiger partial charge in [-0.2, -0.15) is 0 Å². The van der Waals surface area contributed by atoms with Gasteiger partial charge in [0.1, 0.15) is 30.0 Å². The van der Waals surface area contributed by atoms with Crippen molar-refractivity contribution >= 4 is 29.7 Å². The number of likely N-dealkylation sites (N-methyl/N-ethyl adjacent to an activating group) is 1. The number of nitrogens with zero attached hydrogens (tertiary/aromatic N) is 2. The van der Waals surface area contributed by atoms with Crippen molar-refractivity contribution in [2.45, 2.75) is 249 Å². The number of methoxy groups -OCH3 is 1. The van der Waals surface area contributed by atoms with E-state index < -0.39 is 103 Å². The number of unbranched alkanes of at least 4 members (excludes halogenated alkanes) is 8. The average Bonchev–Trinajstić information content (AvgIpc) is 3.51. The van der Waals surface area contributed by atoms with Gasteiger partial charge in [0.2, 0.25) is 0 Å². The Kier molecular flexibility index (Phi) is 24.5. The zero-order valence-electron chi connectivity index (χ0n) is 51.1. The van der Waals surface area contributed by atoms with E-state index in [2.05, 4.69) is 60.7 Å². The van der Waals surface area contributed by atoms with Crippen LogP contribution in [0.5, 0.6) is 0 Å². The summed E-state index contributed by atoms with van der Waals surface area (Å²) in [6.45, 7) is 19.6. The van der Waals surface area contributed by atoms with Crippen LogP contribution in [0, 0.1) is 23.7 Å². The van der Waals surface area contributed by atoms with E-state index in [1.807, 2.05) is 46.7 Å². The fraction of sp³-hybridized carbons (Fsp3) is 0.781. The normalized spacial score (nSPS) is 37.6. The molecule has 18 atom stereocenters. The Labute approximate surface area is 481 Å². The molecule has 16 heteroatoms. The number of aliphatic hydroxyl groups excluding tert-OH is 3. The molecule has 80 heavy (non-hydrogen) atoms. The molecule has 456 valence electrons. The quantitative estimate of drug-likeness (QED) is 0.0462. The zero-order chi connectivity index (χ0) is 58.7. The van der Waals surface area contributed by atoms with Gasteiger partial charge in [-0.3, -0.25) is 9.59 Å². The third-order valence-electron chi connectivity index (χ3n) is 19.5. The number of amides is 1. The molecule has 0 bridgehead atoms. The summed E-state index contributed by atoms with van der Waals surface area (Å²) in [4.78, 5) is 33.0. The van der Waals surface area contributed by atoms with Gasteiger partial charge in [-0.1, -0.05) is 27.7 Å². The van der Waals surface area contributed by atoms with E-state index in [1.54, 1.807) is 39.5 Å². The molecular formula is C64H107N2O13P. The summed E-state index contributed by atoms with van der Waals surface area (Å²) < 4.78 is 38.0. The molecule has 4 aliphatic rings. The molecule has 0 aromatic heterocycles. The number of ether oxygens (including phenoxy) is 6. The topological polar surface area (TPSA) is 197 Å². The summed E-state index contributed by atoms with van der Waals surface area (Å²) in [6.07, 6.45) is 3.30. The Balaban J connectivity index is 1.15. The van der Waals surface area contributed by atoms with Crippen molar-refractivity contribution in [3.63, 3.8) is 0 Å². The standard InChI is InChI=1S/C64H107N2O13P/c1-14-53-64(10,73)57(69)46(6)66(54(67)34-28-20-18-16-15-17-19-21-29-35-80(50-40-75-41-50,48-30-24-22-25-31-48)49-32-26-23-27-33-49)39-42(2)37-62(8,72)59(79-61-56(68)51(65(11)12)36-43(3)76-61)44(4)55(45(5)60(71)78-53)52-38-63(9,74-13)58(70)47(7)77-52/h22-27,30-33,42-47,50-53,55-59,61,68-70,72-73,80H,14-21,28-29,34-41H2,1-13H3/t42-,43-,44+,45-,46-,47+,51+,52?,53-,55+,56-,57-,58+,59-,61+,62-,63-,64-/m1/s1. The molecule has 6 rings (SSSR count). The van der Waals surface area contributed by atoms with Gasteiger partial charge in [-0.05, 0) is 86.7 Å². The van der Waals surface area contributed by atoms with E-state index in [0.29, 0.717) is 18.5 Å². The molecule has 2 aromatic carbocycles. The number of benzene rings is 2. The van der Waals surface area contributed by atoms with Gasteiger partial charge in [-0.25, -0.2) is 0 Å². The van der Waals surface area contributed by atoms with Crippen LogP contribution in [0.25, 0.3) is 0 Å². The van der Waals surface area contributed by atoms with Crippen LogP contribution in [-0.2, 0) is 38.0 Å². The Morgan fingerprint density at radius 2 is 1.35 bits per heavy atom. The predicted molar refractivity (Wildman–Crippen MR) is 318 cm³/mol. The van der Waals surface area contributed by atoms with Gasteiger partial charge >= 0.3 is 184 Å². The van der Waals surface area contributed by atoms with Crippen molar-refractivity contribution in [1.29, 1.82) is 0 Å². The number of rotatable bonds is 21. The zero-order valence-corrected chi connectivity index (χ0v) is 52.1. The second-order valence-corrected chi connectivity index (χ2v) is 30.4. The predicted octanol–water partition coefficient (Wildman–Crippen LogP) is 7.77. The van der Waals surface area contributed by atoms with Crippen LogP contribution in [0.2, 0.25) is 0 Å². The van der Waals surface area contributed by atoms with Crippen molar-refractivity contribution in [2.75, 3.05) is 47.1 Å². The Bertz CT molecular complexity index is 2150. The Morgan fingerprint density at radius 3 is 1.88 bits per heavy atom. The second kappa shape index (κ2) is 29.5. The molecular weight excluding hydrogens is 1040 g/mol. The number of hydrogen-bond donors (Lipinski definition) is 5. The maximum absolute atomic E-state index is 14.8. The number of cyclic esters (lactones) is 1. The minimum atomic E-state index is -2.01. The van der Waals surface area contributed by atoms with E-state index in [9.17, 15) is 35.1 Å². The molecule has 0 spiro atoms. The van der Waals surface area contributed by atoms with E-state index in [1.165, 1.54) is 56.5 Å². The first-order valence-electron chi connectivity index (χ1n) is 30.7. The van der Waals surface area contributed by atoms with Crippen LogP contribution < -0.4 is 10.6 Å². The molecule has 4 heterocycles. The molecule has 4 aliphatic heterocycles. The summed E-state index contributed by atoms with van der Waals surface area (Å²) in [5.74, 6) is -3.61. The number of hydrogen-bond acceptors (Lipinski definition) is 14. The van der Waals surface area contributed by atoms with Gasteiger partial charge in [0, 0.05) is 32.0 Å². The third kappa shape index (κ3) is 15.6. The molecule has 4 saturated heterocycles. The molecule has 1 unspecified atom stereocenters. The average molecular weight is 1140 g/mol. The fourth-order valence-electron chi connectivity index (χ4n) is 14.6. The van der Waals surface area contributed by atoms with Gasteiger partial charge in [-0.15, -0.1) is 0 Å². The smallest absolute Gasteiger partial charge is 0.126 e. The molecule has 5 N–H and O–H groups in total. The first kappa shape index (κ1) is 66.5. The van der Waals surface area contributed by atoms with E-state index in [0.717, 1.165) is 38.9 Å². The summed E-state index contributed by atoms with van der Waals surface area (Å²) >= 11 is 0. The molecule has 0 saturated carbocycles. The minimum Gasteiger partial charge on any atom is -0.388 e. The van der Waals surface area contributed by atoms with Crippen LogP contribution >= 0.6 is 7.26 Å². The van der Waals surface area contributed by atoms with Gasteiger partial charge < -0.3 is 59.0 Å². The molecule has 15 nitrogen and oxygen atoms in total. The summed E-state index contributed by atoms with van der Waals surface area (Å²) in [6, 6.07) is 21.2. The van der Waals surface area contributed by atoms with Crippen molar-refractivity contribution in [2.24, 2.45) is 23.7 Å². The van der Waals surface area contributed by atoms with Gasteiger partial charge in [0.25, 0.3) is 0 Å². The number of carbonyl (C=O) groups is 2. The maximum Gasteiger partial charge on any atom is 0.126 e. The number of carbonyl (C=O) groups excluding carboxylic acids is 2. The Morgan fingerprint density at radius 1 is 0.787 bits per heavy atom. The second-order valence-electron chi connectivity index (χ2n) is 26.0. The first-order valence-corrected chi connectivity index (χ1v) is 33.0. The SMILES string of the molecule is CC[C@H]1OC(=O)[C@H](C)[C@@H](C2C[C@@](C)(OC)[C@@H](O)[C@H](C)O2)[C@H](C)[C@@H](O[C@@H]2O[C@H](C)C[C@H](N(C)C)[C@H]2O)[C@](C)(O)C[C@@H](C)CN(C(=O)CCCCCCCCCCC[PH](c2ccccc2)(c2ccccc2)C2COC2)[C@H](C)[C@@H](O)[C@]1(C)O. The minimum absolute atomic E-state index is 0.109. The van der Waals surface area contributed by atoms with Gasteiger partial charge in [0.15, 0.2) is 6.29 Å². The van der Waals surface area contributed by atoms with Crippen LogP contribution in [0.4, 0.5) is 0 Å². The summed E-state index contributed by atoms with van der Waals surface area (Å²) in [5.41, 5.74) is -4.12. The van der Waals surface area contributed by atoms with Crippen molar-refractivity contribution < 1.29 is 63.5 Å². The number of esters is 1. The molecule has 4 fully saturated rings. The molecule has 0 radical (unpaired) electrons. The van der Waals surface area contributed by atoms with Crippen LogP contribution in [0.1, 0.15) is 159 Å². The monoisotopic (exact) mass is 1140 g/mol. The largest absolute Gasteiger partial charge is 0.388 e. The summed E-state index contributed by atoms with van der Waals surface area (Å²) in [5, 5.41) is 63.9. The first-order chi connectivity index (χ1) is 37.8. The fourth-order valence-corrected chi connectivity index (χ4v) is 20.0. The van der Waals surface area contributed by atoms with Crippen LogP contribution in [0.15, 0.2) is 60.7 Å². The summed E-state index contributed by atoms with van der Waals surface area (Å²) in [7, 11) is 3.31. The van der Waals surface area contributed by atoms with Crippen molar-refractivity contribution in [3.8, 4) is 0 Å². The van der Waals surface area contributed by atoms with Gasteiger partial charge in [0.05, 0.1) is 47.6 Å². The van der Waals surface area contributed by atoms with Crippen LogP contribution in [0.3, 0.4) is 0 Å². The van der Waals surface area contributed by atoms with Crippen molar-refractivity contribution in [1.82, 2.24) is 9.80 Å². The Hall–Kier alpha value is -2.63. The molecule has 1 amide bonds. The van der Waals surface area contributed by atoms with Crippen molar-refractivity contribution in [3.05, 3.63) is 60.7 Å². The molecule has 2 aromatic rings. The van der Waals surface area contributed by atoms with Crippen LogP contribution in [-0.4, -0.2) is 184 Å². The van der Waals surface area contributed by atoms with E-state index >= 15 is 0 Å². The maximum atomic E-state index is 14.8. The third-order valence-corrected chi connectivity index (χ3v) is 25.1.